The minimum absolute atomic E-state index is 0.181. The maximum Gasteiger partial charge on any atom is 0.241 e. The molecule has 0 bridgehead atoms. The SMILES string of the molecule is CC[C@H](NC(=O)CN(c1cc(Cl)ccc1C)S(C)(=O)=O)c1ccc(C)cc1. The highest BCUT2D eigenvalue weighted by atomic mass is 35.5. The molecule has 1 atom stereocenters. The average molecular weight is 409 g/mol. The molecule has 0 aliphatic carbocycles. The summed E-state index contributed by atoms with van der Waals surface area (Å²) in [5, 5.41) is 3.34. The fourth-order valence-electron chi connectivity index (χ4n) is 2.82. The van der Waals surface area contributed by atoms with Crippen LogP contribution < -0.4 is 9.62 Å². The Hall–Kier alpha value is -2.05. The molecule has 0 saturated carbocycles. The molecule has 0 radical (unpaired) electrons. The quantitative estimate of drug-likeness (QED) is 0.753. The van der Waals surface area contributed by atoms with E-state index in [0.29, 0.717) is 17.1 Å². The van der Waals surface area contributed by atoms with Crippen molar-refractivity contribution in [1.29, 1.82) is 0 Å². The molecular formula is C20H25ClN2O3S. The number of aryl methyl sites for hydroxylation is 2. The lowest BCUT2D eigenvalue weighted by molar-refractivity contribution is -0.120. The van der Waals surface area contributed by atoms with E-state index in [4.69, 9.17) is 11.6 Å². The molecular weight excluding hydrogens is 384 g/mol. The fourth-order valence-corrected chi connectivity index (χ4v) is 3.89. The number of amides is 1. The van der Waals surface area contributed by atoms with Gasteiger partial charge < -0.3 is 5.32 Å². The molecule has 0 aliphatic rings. The van der Waals surface area contributed by atoms with Gasteiger partial charge in [0.25, 0.3) is 0 Å². The van der Waals surface area contributed by atoms with Crippen molar-refractivity contribution in [3.63, 3.8) is 0 Å². The first kappa shape index (κ1) is 21.3. The summed E-state index contributed by atoms with van der Waals surface area (Å²) in [4.78, 5) is 12.6. The Labute approximate surface area is 166 Å². The number of hydrogen-bond donors (Lipinski definition) is 1. The van der Waals surface area contributed by atoms with Crippen molar-refractivity contribution in [3.05, 3.63) is 64.2 Å². The minimum atomic E-state index is -3.65. The number of nitrogens with one attached hydrogen (secondary N) is 1. The highest BCUT2D eigenvalue weighted by molar-refractivity contribution is 7.92. The van der Waals surface area contributed by atoms with Gasteiger partial charge in [0, 0.05) is 5.02 Å². The predicted molar refractivity (Wildman–Crippen MR) is 111 cm³/mol. The molecule has 1 N–H and O–H groups in total. The Morgan fingerprint density at radius 2 is 1.78 bits per heavy atom. The van der Waals surface area contributed by atoms with Crippen molar-refractivity contribution in [2.45, 2.75) is 33.2 Å². The van der Waals surface area contributed by atoms with E-state index >= 15 is 0 Å². The van der Waals surface area contributed by atoms with Gasteiger partial charge in [0.1, 0.15) is 6.54 Å². The lowest BCUT2D eigenvalue weighted by Gasteiger charge is -2.25. The van der Waals surface area contributed by atoms with Crippen LogP contribution in [0, 0.1) is 13.8 Å². The summed E-state index contributed by atoms with van der Waals surface area (Å²) in [6, 6.07) is 12.7. The molecule has 0 fully saturated rings. The molecule has 27 heavy (non-hydrogen) atoms. The van der Waals surface area contributed by atoms with Crippen LogP contribution in [0.15, 0.2) is 42.5 Å². The van der Waals surface area contributed by atoms with Gasteiger partial charge in [0.15, 0.2) is 0 Å². The van der Waals surface area contributed by atoms with Crippen molar-refractivity contribution < 1.29 is 13.2 Å². The third-order valence-electron chi connectivity index (χ3n) is 4.35. The van der Waals surface area contributed by atoms with Gasteiger partial charge in [-0.2, -0.15) is 0 Å². The van der Waals surface area contributed by atoms with E-state index < -0.39 is 10.0 Å². The van der Waals surface area contributed by atoms with E-state index in [1.807, 2.05) is 38.1 Å². The highest BCUT2D eigenvalue weighted by Crippen LogP contribution is 2.26. The summed E-state index contributed by atoms with van der Waals surface area (Å²) in [6.07, 6.45) is 1.78. The van der Waals surface area contributed by atoms with Crippen molar-refractivity contribution in [3.8, 4) is 0 Å². The Kier molecular flexibility index (Phi) is 6.89. The third-order valence-corrected chi connectivity index (χ3v) is 5.71. The largest absolute Gasteiger partial charge is 0.348 e. The normalized spacial score (nSPS) is 12.5. The van der Waals surface area contributed by atoms with Gasteiger partial charge in [-0.15, -0.1) is 0 Å². The first-order chi connectivity index (χ1) is 12.6. The van der Waals surface area contributed by atoms with Crippen LogP contribution in [0.4, 0.5) is 5.69 Å². The molecule has 2 rings (SSSR count). The van der Waals surface area contributed by atoms with Crippen LogP contribution in [0.25, 0.3) is 0 Å². The number of nitrogens with zero attached hydrogens (tertiary/aromatic N) is 1. The van der Waals surface area contributed by atoms with Gasteiger partial charge in [-0.25, -0.2) is 8.42 Å². The average Bonchev–Trinajstić information content (AvgIpc) is 2.60. The van der Waals surface area contributed by atoms with E-state index in [9.17, 15) is 13.2 Å². The Morgan fingerprint density at radius 1 is 1.15 bits per heavy atom. The predicted octanol–water partition coefficient (Wildman–Crippen LogP) is 3.99. The topological polar surface area (TPSA) is 66.5 Å². The Balaban J connectivity index is 2.23. The van der Waals surface area contributed by atoms with Crippen molar-refractivity contribution in [2.24, 2.45) is 0 Å². The van der Waals surface area contributed by atoms with E-state index in [1.165, 1.54) is 0 Å². The van der Waals surface area contributed by atoms with E-state index in [1.54, 1.807) is 25.1 Å². The summed E-state index contributed by atoms with van der Waals surface area (Å²) in [7, 11) is -3.65. The fraction of sp³-hybridized carbons (Fsp3) is 0.350. The monoisotopic (exact) mass is 408 g/mol. The molecule has 0 aromatic heterocycles. The molecule has 0 heterocycles. The number of carbonyl (C=O) groups excluding carboxylic acids is 1. The lowest BCUT2D eigenvalue weighted by Crippen LogP contribution is -2.41. The van der Waals surface area contributed by atoms with Gasteiger partial charge >= 0.3 is 0 Å². The summed E-state index contributed by atoms with van der Waals surface area (Å²) < 4.78 is 25.7. The Morgan fingerprint density at radius 3 is 2.33 bits per heavy atom. The molecule has 2 aromatic rings. The van der Waals surface area contributed by atoms with E-state index in [-0.39, 0.29) is 18.5 Å². The van der Waals surface area contributed by atoms with Crippen molar-refractivity contribution in [1.82, 2.24) is 5.32 Å². The van der Waals surface area contributed by atoms with Crippen LogP contribution >= 0.6 is 11.6 Å². The van der Waals surface area contributed by atoms with Crippen LogP contribution in [-0.2, 0) is 14.8 Å². The maximum absolute atomic E-state index is 12.6. The standard InChI is InChI=1S/C20H25ClN2O3S/c1-5-18(16-9-6-14(2)7-10-16)22-20(24)13-23(27(4,25)26)19-12-17(21)11-8-15(19)3/h6-12,18H,5,13H2,1-4H3,(H,22,24)/t18-/m0/s1. The van der Waals surface area contributed by atoms with Crippen LogP contribution in [0.2, 0.25) is 5.02 Å². The molecule has 0 unspecified atom stereocenters. The number of hydrogen-bond acceptors (Lipinski definition) is 3. The van der Waals surface area contributed by atoms with Crippen molar-refractivity contribution >= 4 is 33.2 Å². The van der Waals surface area contributed by atoms with E-state index in [2.05, 4.69) is 5.32 Å². The second-order valence-electron chi connectivity index (χ2n) is 6.64. The summed E-state index contributed by atoms with van der Waals surface area (Å²) in [5.41, 5.74) is 3.26. The second-order valence-corrected chi connectivity index (χ2v) is 8.98. The van der Waals surface area contributed by atoms with Crippen LogP contribution in [0.1, 0.15) is 36.1 Å². The van der Waals surface area contributed by atoms with Gasteiger partial charge in [-0.3, -0.25) is 9.10 Å². The molecule has 146 valence electrons. The number of rotatable bonds is 7. The number of carbonyl (C=O) groups is 1. The number of benzene rings is 2. The van der Waals surface area contributed by atoms with Crippen LogP contribution in [0.3, 0.4) is 0 Å². The third kappa shape index (κ3) is 5.71. The minimum Gasteiger partial charge on any atom is -0.348 e. The lowest BCUT2D eigenvalue weighted by atomic mass is 10.0. The number of anilines is 1. The second kappa shape index (κ2) is 8.76. The molecule has 0 spiro atoms. The highest BCUT2D eigenvalue weighted by Gasteiger charge is 2.24. The summed E-state index contributed by atoms with van der Waals surface area (Å²) >= 11 is 6.03. The van der Waals surface area contributed by atoms with Crippen molar-refractivity contribution in [2.75, 3.05) is 17.1 Å². The number of sulfonamides is 1. The number of halogens is 1. The van der Waals surface area contributed by atoms with Gasteiger partial charge in [0.2, 0.25) is 15.9 Å². The molecule has 0 saturated heterocycles. The summed E-state index contributed by atoms with van der Waals surface area (Å²) in [5.74, 6) is -0.368. The van der Waals surface area contributed by atoms with Crippen LogP contribution in [0.5, 0.6) is 0 Å². The van der Waals surface area contributed by atoms with Gasteiger partial charge in [-0.05, 0) is 43.5 Å². The molecule has 5 nitrogen and oxygen atoms in total. The maximum atomic E-state index is 12.6. The van der Waals surface area contributed by atoms with E-state index in [0.717, 1.165) is 27.3 Å². The molecule has 7 heteroatoms. The van der Waals surface area contributed by atoms with Crippen LogP contribution in [-0.4, -0.2) is 27.1 Å². The smallest absolute Gasteiger partial charge is 0.241 e. The van der Waals surface area contributed by atoms with Gasteiger partial charge in [-0.1, -0.05) is 54.4 Å². The van der Waals surface area contributed by atoms with Gasteiger partial charge in [0.05, 0.1) is 18.0 Å². The zero-order valence-corrected chi connectivity index (χ0v) is 17.6. The zero-order valence-electron chi connectivity index (χ0n) is 16.0. The molecule has 0 aliphatic heterocycles. The molecule has 1 amide bonds. The first-order valence-corrected chi connectivity index (χ1v) is 10.9. The molecule has 2 aromatic carbocycles. The summed E-state index contributed by atoms with van der Waals surface area (Å²) in [6.45, 7) is 5.45. The zero-order chi connectivity index (χ0) is 20.2. The first-order valence-electron chi connectivity index (χ1n) is 8.71. The Bertz CT molecular complexity index is 911.